The Morgan fingerprint density at radius 2 is 1.90 bits per heavy atom. The van der Waals surface area contributed by atoms with Crippen LogP contribution in [0.1, 0.15) is 42.7 Å². The van der Waals surface area contributed by atoms with Crippen molar-refractivity contribution in [2.75, 3.05) is 7.11 Å². The summed E-state index contributed by atoms with van der Waals surface area (Å²) in [6.07, 6.45) is 0. The molecule has 0 spiro atoms. The summed E-state index contributed by atoms with van der Waals surface area (Å²) in [7, 11) is 5.55. The van der Waals surface area contributed by atoms with Crippen LogP contribution in [0.5, 0.6) is 5.88 Å². The van der Waals surface area contributed by atoms with Crippen molar-refractivity contribution < 1.29 is 4.74 Å². The Kier molecular flexibility index (Phi) is 4.62. The molecular weight excluding hydrogens is 268 g/mol. The molecule has 0 amide bonds. The van der Waals surface area contributed by atoms with E-state index < -0.39 is 0 Å². The first-order valence-corrected chi connectivity index (χ1v) is 7.11. The van der Waals surface area contributed by atoms with Gasteiger partial charge in [-0.25, -0.2) is 4.68 Å². The summed E-state index contributed by atoms with van der Waals surface area (Å²) in [4.78, 5) is 0. The van der Waals surface area contributed by atoms with Crippen molar-refractivity contribution in [3.05, 3.63) is 22.9 Å². The van der Waals surface area contributed by atoms with Crippen LogP contribution in [0.25, 0.3) is 0 Å². The highest BCUT2D eigenvalue weighted by atomic mass is 16.5. The SMILES string of the molecule is COc1c(CNCc2nnc(C)n2C)c(C(C)C)nn1C. The number of hydrogen-bond donors (Lipinski definition) is 1. The van der Waals surface area contributed by atoms with Gasteiger partial charge in [0.1, 0.15) is 11.6 Å². The maximum absolute atomic E-state index is 5.46. The fraction of sp³-hybridized carbons (Fsp3) is 0.643. The molecule has 7 nitrogen and oxygen atoms in total. The van der Waals surface area contributed by atoms with E-state index in [2.05, 4.69) is 34.5 Å². The summed E-state index contributed by atoms with van der Waals surface area (Å²) in [5.41, 5.74) is 2.17. The van der Waals surface area contributed by atoms with Gasteiger partial charge >= 0.3 is 0 Å². The smallest absolute Gasteiger partial charge is 0.216 e. The number of hydrogen-bond acceptors (Lipinski definition) is 5. The Hall–Kier alpha value is -1.89. The van der Waals surface area contributed by atoms with Crippen molar-refractivity contribution in [1.29, 1.82) is 0 Å². The predicted molar refractivity (Wildman–Crippen MR) is 80.1 cm³/mol. The van der Waals surface area contributed by atoms with Crippen LogP contribution in [0.2, 0.25) is 0 Å². The second kappa shape index (κ2) is 6.26. The molecule has 0 saturated carbocycles. The molecule has 7 heteroatoms. The monoisotopic (exact) mass is 292 g/mol. The summed E-state index contributed by atoms with van der Waals surface area (Å²) >= 11 is 0. The zero-order valence-corrected chi connectivity index (χ0v) is 13.6. The molecule has 2 aromatic heterocycles. The summed E-state index contributed by atoms with van der Waals surface area (Å²) < 4.78 is 9.24. The van der Waals surface area contributed by atoms with Crippen LogP contribution >= 0.6 is 0 Å². The summed E-state index contributed by atoms with van der Waals surface area (Å²) in [5, 5.41) is 16.2. The Bertz CT molecular complexity index is 613. The van der Waals surface area contributed by atoms with Crippen LogP contribution in [-0.2, 0) is 27.2 Å². The molecule has 0 aliphatic carbocycles. The Morgan fingerprint density at radius 3 is 2.43 bits per heavy atom. The number of aryl methyl sites for hydroxylation is 2. The lowest BCUT2D eigenvalue weighted by Crippen LogP contribution is -2.17. The first-order valence-electron chi connectivity index (χ1n) is 7.11. The van der Waals surface area contributed by atoms with Crippen molar-refractivity contribution in [1.82, 2.24) is 29.9 Å². The number of aromatic nitrogens is 5. The number of nitrogens with zero attached hydrogens (tertiary/aromatic N) is 5. The van der Waals surface area contributed by atoms with Crippen LogP contribution in [0.15, 0.2) is 0 Å². The van der Waals surface area contributed by atoms with E-state index in [0.29, 0.717) is 19.0 Å². The van der Waals surface area contributed by atoms with E-state index in [-0.39, 0.29) is 0 Å². The van der Waals surface area contributed by atoms with Gasteiger partial charge < -0.3 is 14.6 Å². The van der Waals surface area contributed by atoms with Crippen LogP contribution < -0.4 is 10.1 Å². The first kappa shape index (κ1) is 15.5. The second-order valence-corrected chi connectivity index (χ2v) is 5.48. The number of nitrogens with one attached hydrogen (secondary N) is 1. The molecule has 0 saturated heterocycles. The standard InChI is InChI=1S/C14H24N6O/c1-9(2)13-11(14(21-6)20(5)18-13)7-15-8-12-17-16-10(3)19(12)4/h9,15H,7-8H2,1-6H3. The molecule has 0 bridgehead atoms. The van der Waals surface area contributed by atoms with E-state index in [1.807, 2.05) is 25.6 Å². The van der Waals surface area contributed by atoms with E-state index >= 15 is 0 Å². The molecule has 21 heavy (non-hydrogen) atoms. The lowest BCUT2D eigenvalue weighted by Gasteiger charge is -2.09. The Labute approximate surface area is 125 Å². The van der Waals surface area contributed by atoms with Gasteiger partial charge in [0.2, 0.25) is 5.88 Å². The van der Waals surface area contributed by atoms with Gasteiger partial charge in [-0.2, -0.15) is 5.10 Å². The molecule has 2 heterocycles. The van der Waals surface area contributed by atoms with Crippen molar-refractivity contribution in [2.24, 2.45) is 14.1 Å². The van der Waals surface area contributed by atoms with Crippen molar-refractivity contribution in [3.63, 3.8) is 0 Å². The molecule has 0 fully saturated rings. The van der Waals surface area contributed by atoms with Crippen LogP contribution in [-0.4, -0.2) is 31.7 Å². The van der Waals surface area contributed by atoms with Crippen molar-refractivity contribution >= 4 is 0 Å². The summed E-state index contributed by atoms with van der Waals surface area (Å²) in [6, 6.07) is 0. The molecule has 2 rings (SSSR count). The van der Waals surface area contributed by atoms with Gasteiger partial charge in [-0.1, -0.05) is 13.8 Å². The molecule has 0 radical (unpaired) electrons. The largest absolute Gasteiger partial charge is 0.481 e. The minimum absolute atomic E-state index is 0.356. The third-order valence-electron chi connectivity index (χ3n) is 3.63. The second-order valence-electron chi connectivity index (χ2n) is 5.48. The minimum Gasteiger partial charge on any atom is -0.481 e. The first-order chi connectivity index (χ1) is 9.95. The molecule has 1 N–H and O–H groups in total. The molecule has 0 aliphatic rings. The summed E-state index contributed by atoms with van der Waals surface area (Å²) in [6.45, 7) is 7.56. The van der Waals surface area contributed by atoms with Crippen LogP contribution in [0.3, 0.4) is 0 Å². The zero-order chi connectivity index (χ0) is 15.6. The van der Waals surface area contributed by atoms with E-state index in [1.54, 1.807) is 11.8 Å². The van der Waals surface area contributed by atoms with Crippen molar-refractivity contribution in [3.8, 4) is 5.88 Å². The van der Waals surface area contributed by atoms with Crippen molar-refractivity contribution in [2.45, 2.75) is 39.8 Å². The number of methoxy groups -OCH3 is 1. The third-order valence-corrected chi connectivity index (χ3v) is 3.63. The lowest BCUT2D eigenvalue weighted by molar-refractivity contribution is 0.367. The van der Waals surface area contributed by atoms with E-state index in [1.165, 1.54) is 0 Å². The fourth-order valence-corrected chi connectivity index (χ4v) is 2.36. The predicted octanol–water partition coefficient (Wildman–Crippen LogP) is 1.28. The van der Waals surface area contributed by atoms with Gasteiger partial charge in [0, 0.05) is 20.6 Å². The van der Waals surface area contributed by atoms with Gasteiger partial charge in [0.25, 0.3) is 0 Å². The highest BCUT2D eigenvalue weighted by Gasteiger charge is 2.19. The number of rotatable bonds is 6. The van der Waals surface area contributed by atoms with Gasteiger partial charge in [0.05, 0.1) is 24.9 Å². The maximum Gasteiger partial charge on any atom is 0.216 e. The average molecular weight is 292 g/mol. The topological polar surface area (TPSA) is 69.8 Å². The average Bonchev–Trinajstić information content (AvgIpc) is 2.93. The third kappa shape index (κ3) is 3.07. The zero-order valence-electron chi connectivity index (χ0n) is 13.6. The van der Waals surface area contributed by atoms with E-state index in [9.17, 15) is 0 Å². The molecule has 0 atom stereocenters. The van der Waals surface area contributed by atoms with E-state index in [0.717, 1.165) is 28.8 Å². The molecule has 0 aromatic carbocycles. The normalized spacial score (nSPS) is 11.4. The Balaban J connectivity index is 2.10. The Morgan fingerprint density at radius 1 is 1.19 bits per heavy atom. The quantitative estimate of drug-likeness (QED) is 0.868. The molecule has 116 valence electrons. The molecular formula is C14H24N6O. The minimum atomic E-state index is 0.356. The fourth-order valence-electron chi connectivity index (χ4n) is 2.36. The van der Waals surface area contributed by atoms with Crippen LogP contribution in [0.4, 0.5) is 0 Å². The highest BCUT2D eigenvalue weighted by Crippen LogP contribution is 2.26. The van der Waals surface area contributed by atoms with Gasteiger partial charge in [-0.05, 0) is 12.8 Å². The molecule has 2 aromatic rings. The van der Waals surface area contributed by atoms with Crippen LogP contribution in [0, 0.1) is 6.92 Å². The molecule has 0 unspecified atom stereocenters. The lowest BCUT2D eigenvalue weighted by atomic mass is 10.1. The van der Waals surface area contributed by atoms with E-state index in [4.69, 9.17) is 4.74 Å². The van der Waals surface area contributed by atoms with Gasteiger partial charge in [-0.15, -0.1) is 10.2 Å². The van der Waals surface area contributed by atoms with Gasteiger partial charge in [0.15, 0.2) is 0 Å². The highest BCUT2D eigenvalue weighted by molar-refractivity contribution is 5.33. The maximum atomic E-state index is 5.46. The summed E-state index contributed by atoms with van der Waals surface area (Å²) in [5.74, 6) is 2.99. The van der Waals surface area contributed by atoms with Gasteiger partial charge in [-0.3, -0.25) is 0 Å². The molecule has 0 aliphatic heterocycles. The number of ether oxygens (including phenoxy) is 1.